The molecule has 1 aliphatic rings. The Labute approximate surface area is 192 Å². The number of nitrogens with one attached hydrogen (secondary N) is 1. The van der Waals surface area contributed by atoms with E-state index in [1.54, 1.807) is 17.0 Å². The Balaban J connectivity index is 1.51. The van der Waals surface area contributed by atoms with Crippen LogP contribution >= 0.6 is 11.8 Å². The smallest absolute Gasteiger partial charge is 0.243 e. The molecule has 1 saturated heterocycles. The minimum atomic E-state index is -3.67. The molecule has 1 fully saturated rings. The Hall–Kier alpha value is -2.69. The van der Waals surface area contributed by atoms with Gasteiger partial charge < -0.3 is 10.2 Å². The van der Waals surface area contributed by atoms with E-state index in [-0.39, 0.29) is 41.3 Å². The lowest BCUT2D eigenvalue weighted by molar-refractivity contribution is -0.129. The summed E-state index contributed by atoms with van der Waals surface area (Å²) in [5, 5.41) is 2.69. The molecule has 2 aromatic carbocycles. The maximum atomic E-state index is 12.9. The third-order valence-electron chi connectivity index (χ3n) is 5.03. The first kappa shape index (κ1) is 24.0. The normalized spacial score (nSPS) is 14.8. The van der Waals surface area contributed by atoms with Gasteiger partial charge in [-0.3, -0.25) is 14.4 Å². The Morgan fingerprint density at radius 1 is 0.906 bits per heavy atom. The van der Waals surface area contributed by atoms with Crippen LogP contribution in [0.2, 0.25) is 0 Å². The minimum absolute atomic E-state index is 0.0520. The van der Waals surface area contributed by atoms with Crippen molar-refractivity contribution in [3.63, 3.8) is 0 Å². The number of ketones is 1. The van der Waals surface area contributed by atoms with E-state index in [2.05, 4.69) is 5.32 Å². The van der Waals surface area contributed by atoms with Gasteiger partial charge in [-0.2, -0.15) is 4.31 Å². The van der Waals surface area contributed by atoms with Crippen molar-refractivity contribution >= 4 is 45.1 Å². The number of piperazine rings is 1. The van der Waals surface area contributed by atoms with Crippen LogP contribution in [-0.2, 0) is 19.6 Å². The van der Waals surface area contributed by atoms with E-state index in [0.29, 0.717) is 24.3 Å². The summed E-state index contributed by atoms with van der Waals surface area (Å²) in [6.45, 7) is 3.96. The molecule has 10 heteroatoms. The van der Waals surface area contributed by atoms with Crippen molar-refractivity contribution in [2.24, 2.45) is 0 Å². The molecule has 0 saturated carbocycles. The first-order valence-corrected chi connectivity index (χ1v) is 12.5. The van der Waals surface area contributed by atoms with Crippen LogP contribution in [0.5, 0.6) is 0 Å². The predicted molar refractivity (Wildman–Crippen MR) is 123 cm³/mol. The van der Waals surface area contributed by atoms with Crippen LogP contribution in [0.15, 0.2) is 58.3 Å². The van der Waals surface area contributed by atoms with E-state index in [9.17, 15) is 22.8 Å². The predicted octanol–water partition coefficient (Wildman–Crippen LogP) is 2.47. The van der Waals surface area contributed by atoms with Crippen LogP contribution in [0.4, 0.5) is 5.69 Å². The van der Waals surface area contributed by atoms with Gasteiger partial charge in [0.2, 0.25) is 21.8 Å². The third kappa shape index (κ3) is 5.96. The fourth-order valence-corrected chi connectivity index (χ4v) is 5.49. The molecular formula is C22H25N3O5S2. The van der Waals surface area contributed by atoms with Crippen LogP contribution in [-0.4, -0.2) is 67.2 Å². The Kier molecular flexibility index (Phi) is 7.70. The molecule has 1 heterocycles. The lowest BCUT2D eigenvalue weighted by Gasteiger charge is -2.34. The van der Waals surface area contributed by atoms with Gasteiger partial charge in [-0.15, -0.1) is 11.8 Å². The van der Waals surface area contributed by atoms with Gasteiger partial charge in [0.1, 0.15) is 0 Å². The number of carbonyl (C=O) groups excluding carboxylic acids is 3. The van der Waals surface area contributed by atoms with E-state index in [1.165, 1.54) is 54.2 Å². The fourth-order valence-electron chi connectivity index (χ4n) is 3.26. The molecular weight excluding hydrogens is 450 g/mol. The molecule has 1 aliphatic heterocycles. The largest absolute Gasteiger partial charge is 0.339 e. The molecule has 0 aromatic heterocycles. The molecule has 0 bridgehead atoms. The zero-order valence-electron chi connectivity index (χ0n) is 17.9. The average Bonchev–Trinajstić information content (AvgIpc) is 2.78. The number of amides is 2. The number of anilines is 1. The molecule has 0 unspecified atom stereocenters. The maximum Gasteiger partial charge on any atom is 0.243 e. The van der Waals surface area contributed by atoms with Crippen LogP contribution in [0.25, 0.3) is 0 Å². The van der Waals surface area contributed by atoms with Gasteiger partial charge in [-0.1, -0.05) is 12.1 Å². The summed E-state index contributed by atoms with van der Waals surface area (Å²) >= 11 is 1.39. The first-order valence-electron chi connectivity index (χ1n) is 10.1. The second-order valence-electron chi connectivity index (χ2n) is 7.36. The van der Waals surface area contributed by atoms with Gasteiger partial charge in [0.25, 0.3) is 0 Å². The number of hydrogen-bond acceptors (Lipinski definition) is 6. The summed E-state index contributed by atoms with van der Waals surface area (Å²) in [7, 11) is -3.67. The van der Waals surface area contributed by atoms with Gasteiger partial charge >= 0.3 is 0 Å². The van der Waals surface area contributed by atoms with Crippen molar-refractivity contribution in [1.82, 2.24) is 9.21 Å². The summed E-state index contributed by atoms with van der Waals surface area (Å²) in [4.78, 5) is 37.7. The number of Topliss-reactive ketones (excluding diaryl/α,β-unsaturated/α-hetero) is 1. The molecule has 2 amide bonds. The summed E-state index contributed by atoms with van der Waals surface area (Å²) in [6, 6.07) is 13.1. The number of sulfonamides is 1. The molecule has 0 radical (unpaired) electrons. The van der Waals surface area contributed by atoms with Crippen molar-refractivity contribution in [3.8, 4) is 0 Å². The van der Waals surface area contributed by atoms with Crippen molar-refractivity contribution < 1.29 is 22.8 Å². The summed E-state index contributed by atoms with van der Waals surface area (Å²) in [5.41, 5.74) is 1.16. The third-order valence-corrected chi connectivity index (χ3v) is 7.94. The lowest BCUT2D eigenvalue weighted by atomic mass is 10.2. The van der Waals surface area contributed by atoms with Crippen LogP contribution < -0.4 is 5.32 Å². The SMILES string of the molecule is CC(=O)Nc1ccc(SCC(=O)N2CCN(S(=O)(=O)c3ccc(C(C)=O)cc3)CC2)cc1. The van der Waals surface area contributed by atoms with E-state index >= 15 is 0 Å². The standard InChI is InChI=1S/C22H25N3O5S2/c1-16(26)18-3-9-21(10-4-18)32(29,30)25-13-11-24(12-14-25)22(28)15-31-20-7-5-19(6-8-20)23-17(2)27/h3-10H,11-15H2,1-2H3,(H,23,27). The highest BCUT2D eigenvalue weighted by Gasteiger charge is 2.30. The second kappa shape index (κ2) is 10.3. The number of rotatable bonds is 7. The van der Waals surface area contributed by atoms with Crippen molar-refractivity contribution in [2.45, 2.75) is 23.6 Å². The number of nitrogens with zero attached hydrogens (tertiary/aromatic N) is 2. The van der Waals surface area contributed by atoms with Crippen molar-refractivity contribution in [1.29, 1.82) is 0 Å². The highest BCUT2D eigenvalue weighted by molar-refractivity contribution is 8.00. The first-order chi connectivity index (χ1) is 15.2. The van der Waals surface area contributed by atoms with Gasteiger partial charge in [0, 0.05) is 49.2 Å². The Morgan fingerprint density at radius 3 is 2.03 bits per heavy atom. The lowest BCUT2D eigenvalue weighted by Crippen LogP contribution is -2.50. The highest BCUT2D eigenvalue weighted by atomic mass is 32.2. The fraction of sp³-hybridized carbons (Fsp3) is 0.318. The van der Waals surface area contributed by atoms with E-state index < -0.39 is 10.0 Å². The Bertz CT molecular complexity index is 1090. The molecule has 32 heavy (non-hydrogen) atoms. The minimum Gasteiger partial charge on any atom is -0.339 e. The Morgan fingerprint density at radius 2 is 1.50 bits per heavy atom. The molecule has 8 nitrogen and oxygen atoms in total. The zero-order chi connectivity index (χ0) is 23.3. The highest BCUT2D eigenvalue weighted by Crippen LogP contribution is 2.22. The van der Waals surface area contributed by atoms with E-state index in [0.717, 1.165) is 4.90 Å². The van der Waals surface area contributed by atoms with Gasteiger partial charge in [0.05, 0.1) is 10.6 Å². The molecule has 170 valence electrons. The van der Waals surface area contributed by atoms with Crippen molar-refractivity contribution in [2.75, 3.05) is 37.2 Å². The number of hydrogen-bond donors (Lipinski definition) is 1. The van der Waals surface area contributed by atoms with Crippen LogP contribution in [0.3, 0.4) is 0 Å². The van der Waals surface area contributed by atoms with Gasteiger partial charge in [-0.05, 0) is 43.3 Å². The molecule has 0 aliphatic carbocycles. The second-order valence-corrected chi connectivity index (χ2v) is 10.3. The zero-order valence-corrected chi connectivity index (χ0v) is 19.5. The monoisotopic (exact) mass is 475 g/mol. The molecule has 3 rings (SSSR count). The van der Waals surface area contributed by atoms with Crippen LogP contribution in [0.1, 0.15) is 24.2 Å². The summed E-state index contributed by atoms with van der Waals surface area (Å²) in [5.74, 6) is -0.0696. The average molecular weight is 476 g/mol. The number of carbonyl (C=O) groups is 3. The van der Waals surface area contributed by atoms with E-state index in [1.807, 2.05) is 12.1 Å². The molecule has 0 spiro atoms. The van der Waals surface area contributed by atoms with Crippen LogP contribution in [0, 0.1) is 0 Å². The molecule has 1 N–H and O–H groups in total. The quantitative estimate of drug-likeness (QED) is 0.487. The summed E-state index contributed by atoms with van der Waals surface area (Å²) < 4.78 is 27.1. The van der Waals surface area contributed by atoms with Gasteiger partial charge in [0.15, 0.2) is 5.78 Å². The van der Waals surface area contributed by atoms with Crippen molar-refractivity contribution in [3.05, 3.63) is 54.1 Å². The van der Waals surface area contributed by atoms with Gasteiger partial charge in [-0.25, -0.2) is 8.42 Å². The maximum absolute atomic E-state index is 12.9. The number of benzene rings is 2. The number of thioether (sulfide) groups is 1. The molecule has 2 aromatic rings. The van der Waals surface area contributed by atoms with E-state index in [4.69, 9.17) is 0 Å². The topological polar surface area (TPSA) is 104 Å². The summed E-state index contributed by atoms with van der Waals surface area (Å²) in [6.07, 6.45) is 0. The molecule has 0 atom stereocenters.